The van der Waals surface area contributed by atoms with E-state index in [9.17, 15) is 26.3 Å². The van der Waals surface area contributed by atoms with Gasteiger partial charge >= 0.3 is 6.18 Å². The van der Waals surface area contributed by atoms with Gasteiger partial charge in [-0.1, -0.05) is 6.92 Å². The van der Waals surface area contributed by atoms with E-state index in [-0.39, 0.29) is 6.42 Å². The molecular weight excluding hydrogens is 198 g/mol. The maximum atomic E-state index is 12.4. The lowest BCUT2D eigenvalue weighted by Crippen LogP contribution is -2.35. The number of hydrogen-bond acceptors (Lipinski definition) is 0. The van der Waals surface area contributed by atoms with Crippen molar-refractivity contribution in [3.63, 3.8) is 0 Å². The summed E-state index contributed by atoms with van der Waals surface area (Å²) in [7, 11) is 0. The van der Waals surface area contributed by atoms with Crippen molar-refractivity contribution >= 4 is 0 Å². The summed E-state index contributed by atoms with van der Waals surface area (Å²) in [5.74, 6) is 0. The minimum Gasteiger partial charge on any atom is -0.247 e. The highest BCUT2D eigenvalue weighted by molar-refractivity contribution is 4.77. The van der Waals surface area contributed by atoms with Crippen molar-refractivity contribution in [3.8, 4) is 0 Å². The third kappa shape index (κ3) is 4.38. The molecule has 0 radical (unpaired) electrons. The van der Waals surface area contributed by atoms with Crippen LogP contribution in [0.4, 0.5) is 26.3 Å². The molecule has 0 bridgehead atoms. The fourth-order valence-electron chi connectivity index (χ4n) is 0.736. The second-order valence-corrected chi connectivity index (χ2v) is 2.70. The van der Waals surface area contributed by atoms with Crippen molar-refractivity contribution in [1.29, 1.82) is 0 Å². The first-order chi connectivity index (χ1) is 5.79. The highest BCUT2D eigenvalue weighted by Gasteiger charge is 2.46. The van der Waals surface area contributed by atoms with Crippen molar-refractivity contribution in [3.05, 3.63) is 0 Å². The van der Waals surface area contributed by atoms with Crippen LogP contribution in [0.15, 0.2) is 0 Å². The molecule has 0 heterocycles. The molecule has 0 rings (SSSR count). The molecule has 0 N–H and O–H groups in total. The van der Waals surface area contributed by atoms with Crippen LogP contribution in [0.1, 0.15) is 19.8 Å². The van der Waals surface area contributed by atoms with E-state index in [4.69, 9.17) is 0 Å². The highest BCUT2D eigenvalue weighted by atomic mass is 19.4. The summed E-state index contributed by atoms with van der Waals surface area (Å²) < 4.78 is 71.4. The summed E-state index contributed by atoms with van der Waals surface area (Å²) in [4.78, 5) is 0. The summed E-state index contributed by atoms with van der Waals surface area (Å²) in [5.41, 5.74) is 0. The largest absolute Gasteiger partial charge is 0.422 e. The molecule has 80 valence electrons. The van der Waals surface area contributed by atoms with Gasteiger partial charge in [-0.05, 0) is 6.42 Å². The molecule has 0 aromatic heterocycles. The predicted octanol–water partition coefficient (Wildman–Crippen LogP) is 3.36. The number of halogens is 6. The van der Waals surface area contributed by atoms with E-state index in [0.717, 1.165) is 0 Å². The number of alkyl halides is 6. The Morgan fingerprint density at radius 2 is 1.54 bits per heavy atom. The van der Waals surface area contributed by atoms with Gasteiger partial charge in [0.05, 0.1) is 0 Å². The zero-order chi connectivity index (χ0) is 10.6. The fraction of sp³-hybridized carbons (Fsp3) is 1.00. The Morgan fingerprint density at radius 3 is 1.85 bits per heavy atom. The van der Waals surface area contributed by atoms with Gasteiger partial charge in [0.1, 0.15) is 12.3 Å². The van der Waals surface area contributed by atoms with E-state index < -0.39 is 31.1 Å². The van der Waals surface area contributed by atoms with Gasteiger partial charge in [-0.2, -0.15) is 13.2 Å². The lowest BCUT2D eigenvalue weighted by atomic mass is 10.1. The SMILES string of the molecule is CCC(F)CC(F)[C@H](F)C(F)(F)F. The molecule has 0 saturated carbocycles. The van der Waals surface area contributed by atoms with E-state index in [1.807, 2.05) is 0 Å². The van der Waals surface area contributed by atoms with Crippen LogP contribution < -0.4 is 0 Å². The zero-order valence-electron chi connectivity index (χ0n) is 6.91. The molecule has 0 nitrogen and oxygen atoms in total. The summed E-state index contributed by atoms with van der Waals surface area (Å²) in [6.45, 7) is 1.35. The van der Waals surface area contributed by atoms with E-state index in [0.29, 0.717) is 0 Å². The van der Waals surface area contributed by atoms with Crippen LogP contribution in [0.5, 0.6) is 0 Å². The first-order valence-corrected chi connectivity index (χ1v) is 3.78. The molecule has 0 fully saturated rings. The number of hydrogen-bond donors (Lipinski definition) is 0. The predicted molar refractivity (Wildman–Crippen MR) is 35.7 cm³/mol. The molecule has 0 aliphatic carbocycles. The van der Waals surface area contributed by atoms with Gasteiger partial charge in [-0.3, -0.25) is 0 Å². The average Bonchev–Trinajstić information content (AvgIpc) is 2.01. The van der Waals surface area contributed by atoms with Gasteiger partial charge in [0.15, 0.2) is 0 Å². The molecule has 6 heteroatoms. The van der Waals surface area contributed by atoms with E-state index in [2.05, 4.69) is 0 Å². The summed E-state index contributed by atoms with van der Waals surface area (Å²) in [5, 5.41) is 0. The highest BCUT2D eigenvalue weighted by Crippen LogP contribution is 2.29. The van der Waals surface area contributed by atoms with E-state index >= 15 is 0 Å². The van der Waals surface area contributed by atoms with Crippen LogP contribution in [0.2, 0.25) is 0 Å². The smallest absolute Gasteiger partial charge is 0.247 e. The van der Waals surface area contributed by atoms with Crippen LogP contribution >= 0.6 is 0 Å². The third-order valence-corrected chi connectivity index (χ3v) is 1.55. The maximum Gasteiger partial charge on any atom is 0.422 e. The summed E-state index contributed by atoms with van der Waals surface area (Å²) >= 11 is 0. The van der Waals surface area contributed by atoms with Gasteiger partial charge in [0.25, 0.3) is 0 Å². The lowest BCUT2D eigenvalue weighted by Gasteiger charge is -2.17. The maximum absolute atomic E-state index is 12.4. The Balaban J connectivity index is 4.03. The molecule has 0 amide bonds. The van der Waals surface area contributed by atoms with E-state index in [1.54, 1.807) is 0 Å². The quantitative estimate of drug-likeness (QED) is 0.621. The Labute approximate surface area is 71.9 Å². The molecule has 3 atom stereocenters. The molecule has 0 aromatic rings. The summed E-state index contributed by atoms with van der Waals surface area (Å²) in [6.07, 6.45) is -14.5. The van der Waals surface area contributed by atoms with Crippen molar-refractivity contribution in [2.45, 2.75) is 44.5 Å². The standard InChI is InChI=1S/C7H10F6/c1-2-4(8)3-5(9)6(10)7(11,12)13/h4-6H,2-3H2,1H3/t4?,5?,6-/m0/s1. The lowest BCUT2D eigenvalue weighted by molar-refractivity contribution is -0.197. The molecule has 0 aromatic carbocycles. The Morgan fingerprint density at radius 1 is 1.08 bits per heavy atom. The second-order valence-electron chi connectivity index (χ2n) is 2.70. The van der Waals surface area contributed by atoms with Gasteiger partial charge in [-0.15, -0.1) is 0 Å². The first-order valence-electron chi connectivity index (χ1n) is 3.78. The molecule has 0 aliphatic rings. The van der Waals surface area contributed by atoms with Gasteiger partial charge in [0, 0.05) is 6.42 Å². The normalized spacial score (nSPS) is 19.6. The molecule has 0 saturated heterocycles. The minimum atomic E-state index is -5.24. The zero-order valence-corrected chi connectivity index (χ0v) is 6.91. The van der Waals surface area contributed by atoms with Crippen molar-refractivity contribution in [2.24, 2.45) is 0 Å². The van der Waals surface area contributed by atoms with Crippen LogP contribution in [-0.4, -0.2) is 24.7 Å². The monoisotopic (exact) mass is 208 g/mol. The topological polar surface area (TPSA) is 0 Å². The second kappa shape index (κ2) is 4.72. The first kappa shape index (κ1) is 12.6. The third-order valence-electron chi connectivity index (χ3n) is 1.55. The molecule has 13 heavy (non-hydrogen) atoms. The van der Waals surface area contributed by atoms with Crippen LogP contribution in [0, 0.1) is 0 Å². The summed E-state index contributed by atoms with van der Waals surface area (Å²) in [6, 6.07) is 0. The van der Waals surface area contributed by atoms with Crippen molar-refractivity contribution in [1.82, 2.24) is 0 Å². The molecular formula is C7H10F6. The Bertz CT molecular complexity index is 142. The fourth-order valence-corrected chi connectivity index (χ4v) is 0.736. The van der Waals surface area contributed by atoms with Crippen molar-refractivity contribution < 1.29 is 26.3 Å². The average molecular weight is 208 g/mol. The van der Waals surface area contributed by atoms with Gasteiger partial charge < -0.3 is 0 Å². The van der Waals surface area contributed by atoms with Crippen molar-refractivity contribution in [2.75, 3.05) is 0 Å². The Kier molecular flexibility index (Phi) is 4.56. The minimum absolute atomic E-state index is 0.120. The molecule has 0 aliphatic heterocycles. The van der Waals surface area contributed by atoms with Gasteiger partial charge in [-0.25, -0.2) is 13.2 Å². The molecule has 2 unspecified atom stereocenters. The van der Waals surface area contributed by atoms with Gasteiger partial charge in [0.2, 0.25) is 6.17 Å². The van der Waals surface area contributed by atoms with E-state index in [1.165, 1.54) is 6.92 Å². The van der Waals surface area contributed by atoms with Crippen LogP contribution in [-0.2, 0) is 0 Å². The molecule has 0 spiro atoms. The Hall–Kier alpha value is -0.420. The van der Waals surface area contributed by atoms with Crippen LogP contribution in [0.3, 0.4) is 0 Å². The number of rotatable bonds is 4. The van der Waals surface area contributed by atoms with Crippen LogP contribution in [0.25, 0.3) is 0 Å².